The summed E-state index contributed by atoms with van der Waals surface area (Å²) in [5.74, 6) is -0.707. The molecule has 32 heavy (non-hydrogen) atoms. The van der Waals surface area contributed by atoms with Crippen LogP contribution in [-0.4, -0.2) is 25.2 Å². The minimum Gasteiger partial charge on any atom is -0.481 e. The number of aliphatic carboxylic acids is 1. The maximum Gasteiger partial charge on any atom is 0.331 e. The number of benzene rings is 2. The number of para-hydroxylation sites is 1. The minimum absolute atomic E-state index is 0.178. The molecule has 2 aromatic heterocycles. The Bertz CT molecular complexity index is 1450. The van der Waals surface area contributed by atoms with Crippen molar-refractivity contribution < 1.29 is 9.90 Å². The van der Waals surface area contributed by atoms with E-state index in [9.17, 15) is 14.4 Å². The van der Waals surface area contributed by atoms with Crippen LogP contribution in [-0.2, 0) is 17.9 Å². The summed E-state index contributed by atoms with van der Waals surface area (Å²) in [6.07, 6.45) is 5.53. The second-order valence-electron chi connectivity index (χ2n) is 8.21. The first-order valence-corrected chi connectivity index (χ1v) is 10.6. The van der Waals surface area contributed by atoms with Gasteiger partial charge in [0.15, 0.2) is 0 Å². The third-order valence-corrected chi connectivity index (χ3v) is 5.48. The number of carboxylic acid groups (broad SMARTS) is 1. The molecule has 0 saturated carbocycles. The van der Waals surface area contributed by atoms with E-state index in [1.807, 2.05) is 48.7 Å². The molecule has 0 atom stereocenters. The molecule has 2 heterocycles. The number of H-pyrrole nitrogens is 1. The Balaban J connectivity index is 1.92. The SMILES string of the molecule is CC(C)/C=C/c1ccc2c(c1)c(=O)n(CCC(=O)O)c(=O)n2Cc1c[nH]c2ccccc12. The van der Waals surface area contributed by atoms with E-state index in [0.717, 1.165) is 26.6 Å². The van der Waals surface area contributed by atoms with Gasteiger partial charge in [0.2, 0.25) is 0 Å². The monoisotopic (exact) mass is 431 g/mol. The van der Waals surface area contributed by atoms with Crippen LogP contribution in [0.5, 0.6) is 0 Å². The Hall–Kier alpha value is -3.87. The molecule has 0 fully saturated rings. The summed E-state index contributed by atoms with van der Waals surface area (Å²) in [6.45, 7) is 4.21. The van der Waals surface area contributed by atoms with E-state index in [0.29, 0.717) is 16.8 Å². The van der Waals surface area contributed by atoms with Gasteiger partial charge < -0.3 is 10.1 Å². The van der Waals surface area contributed by atoms with Crippen molar-refractivity contribution in [3.05, 3.63) is 86.7 Å². The van der Waals surface area contributed by atoms with Crippen molar-refractivity contribution in [2.45, 2.75) is 33.4 Å². The van der Waals surface area contributed by atoms with Crippen molar-refractivity contribution in [2.24, 2.45) is 5.92 Å². The van der Waals surface area contributed by atoms with Crippen LogP contribution in [0, 0.1) is 5.92 Å². The molecule has 0 bridgehead atoms. The Morgan fingerprint density at radius 3 is 2.62 bits per heavy atom. The highest BCUT2D eigenvalue weighted by Crippen LogP contribution is 2.20. The minimum atomic E-state index is -1.06. The molecule has 0 unspecified atom stereocenters. The molecular weight excluding hydrogens is 406 g/mol. The predicted octanol–water partition coefficient (Wildman–Crippen LogP) is 3.84. The number of carboxylic acids is 1. The van der Waals surface area contributed by atoms with E-state index in [4.69, 9.17) is 5.11 Å². The Morgan fingerprint density at radius 2 is 1.88 bits per heavy atom. The number of nitrogens with zero attached hydrogens (tertiary/aromatic N) is 2. The summed E-state index contributed by atoms with van der Waals surface area (Å²) < 4.78 is 2.57. The Morgan fingerprint density at radius 1 is 1.09 bits per heavy atom. The van der Waals surface area contributed by atoms with Crippen LogP contribution >= 0.6 is 0 Å². The van der Waals surface area contributed by atoms with Crippen LogP contribution in [0.3, 0.4) is 0 Å². The molecule has 164 valence electrons. The van der Waals surface area contributed by atoms with Crippen molar-refractivity contribution in [1.29, 1.82) is 0 Å². The highest BCUT2D eigenvalue weighted by Gasteiger charge is 2.16. The molecule has 7 heteroatoms. The number of carbonyl (C=O) groups is 1. The van der Waals surface area contributed by atoms with Gasteiger partial charge in [-0.15, -0.1) is 0 Å². The van der Waals surface area contributed by atoms with Gasteiger partial charge in [0.25, 0.3) is 5.56 Å². The summed E-state index contributed by atoms with van der Waals surface area (Å²) >= 11 is 0. The molecule has 0 radical (unpaired) electrons. The van der Waals surface area contributed by atoms with Crippen LogP contribution < -0.4 is 11.2 Å². The summed E-state index contributed by atoms with van der Waals surface area (Å²) in [7, 11) is 0. The summed E-state index contributed by atoms with van der Waals surface area (Å²) in [4.78, 5) is 40.8. The topological polar surface area (TPSA) is 97.1 Å². The van der Waals surface area contributed by atoms with Gasteiger partial charge in [-0.3, -0.25) is 18.7 Å². The first-order valence-electron chi connectivity index (χ1n) is 10.6. The third-order valence-electron chi connectivity index (χ3n) is 5.48. The summed E-state index contributed by atoms with van der Waals surface area (Å²) in [5, 5.41) is 10.5. The van der Waals surface area contributed by atoms with Gasteiger partial charge in [-0.1, -0.05) is 50.3 Å². The third kappa shape index (κ3) is 4.14. The first kappa shape index (κ1) is 21.4. The van der Waals surface area contributed by atoms with E-state index < -0.39 is 17.2 Å². The molecular formula is C25H25N3O4. The van der Waals surface area contributed by atoms with Gasteiger partial charge >= 0.3 is 11.7 Å². The molecule has 0 aliphatic carbocycles. The molecule has 4 rings (SSSR count). The molecule has 0 saturated heterocycles. The van der Waals surface area contributed by atoms with Crippen LogP contribution in [0.1, 0.15) is 31.4 Å². The number of aromatic amines is 1. The normalized spacial score (nSPS) is 11.8. The fourth-order valence-electron chi connectivity index (χ4n) is 3.84. The summed E-state index contributed by atoms with van der Waals surface area (Å²) in [5.41, 5.74) is 2.26. The fourth-order valence-corrected chi connectivity index (χ4v) is 3.84. The number of nitrogens with one attached hydrogen (secondary N) is 1. The maximum atomic E-state index is 13.3. The number of hydrogen-bond acceptors (Lipinski definition) is 3. The van der Waals surface area contributed by atoms with Gasteiger partial charge in [0.1, 0.15) is 0 Å². The van der Waals surface area contributed by atoms with E-state index >= 15 is 0 Å². The predicted molar refractivity (Wildman–Crippen MR) is 126 cm³/mol. The number of aromatic nitrogens is 3. The van der Waals surface area contributed by atoms with Crippen LogP contribution in [0.15, 0.2) is 64.3 Å². The van der Waals surface area contributed by atoms with Gasteiger partial charge in [-0.25, -0.2) is 4.79 Å². The molecule has 4 aromatic rings. The van der Waals surface area contributed by atoms with Crippen molar-refractivity contribution in [2.75, 3.05) is 0 Å². The second-order valence-corrected chi connectivity index (χ2v) is 8.21. The number of hydrogen-bond donors (Lipinski definition) is 2. The number of fused-ring (bicyclic) bond motifs is 2. The van der Waals surface area contributed by atoms with E-state index in [2.05, 4.69) is 18.8 Å². The molecule has 0 aliphatic rings. The lowest BCUT2D eigenvalue weighted by molar-refractivity contribution is -0.137. The lowest BCUT2D eigenvalue weighted by atomic mass is 10.1. The second kappa shape index (κ2) is 8.70. The lowest BCUT2D eigenvalue weighted by Crippen LogP contribution is -2.40. The zero-order chi connectivity index (χ0) is 22.8. The standard InChI is InChI=1S/C25H25N3O4/c1-16(2)7-8-17-9-10-22-20(13-17)24(31)27(12-11-23(29)30)25(32)28(22)15-18-14-26-21-6-4-3-5-19(18)21/h3-10,13-14,16,26H,11-12,15H2,1-2H3,(H,29,30)/b8-7+. The van der Waals surface area contributed by atoms with Crippen molar-refractivity contribution in [1.82, 2.24) is 14.1 Å². The smallest absolute Gasteiger partial charge is 0.331 e. The molecule has 0 aliphatic heterocycles. The van der Waals surface area contributed by atoms with Crippen molar-refractivity contribution in [3.63, 3.8) is 0 Å². The maximum absolute atomic E-state index is 13.3. The van der Waals surface area contributed by atoms with E-state index in [-0.39, 0.29) is 19.5 Å². The molecule has 0 spiro atoms. The van der Waals surface area contributed by atoms with E-state index in [1.54, 1.807) is 16.7 Å². The van der Waals surface area contributed by atoms with Gasteiger partial charge in [0.05, 0.1) is 23.9 Å². The van der Waals surface area contributed by atoms with Crippen LogP contribution in [0.25, 0.3) is 27.9 Å². The molecule has 7 nitrogen and oxygen atoms in total. The van der Waals surface area contributed by atoms with Crippen molar-refractivity contribution in [3.8, 4) is 0 Å². The Kier molecular flexibility index (Phi) is 5.81. The zero-order valence-corrected chi connectivity index (χ0v) is 18.0. The first-order chi connectivity index (χ1) is 15.3. The average molecular weight is 431 g/mol. The zero-order valence-electron chi connectivity index (χ0n) is 18.0. The van der Waals surface area contributed by atoms with Gasteiger partial charge in [-0.2, -0.15) is 0 Å². The highest BCUT2D eigenvalue weighted by atomic mass is 16.4. The number of allylic oxidation sites excluding steroid dienone is 1. The van der Waals surface area contributed by atoms with E-state index in [1.165, 1.54) is 0 Å². The van der Waals surface area contributed by atoms with Crippen molar-refractivity contribution >= 4 is 33.9 Å². The van der Waals surface area contributed by atoms with Crippen LogP contribution in [0.2, 0.25) is 0 Å². The quantitative estimate of drug-likeness (QED) is 0.465. The molecule has 2 aromatic carbocycles. The Labute approximate surface area is 184 Å². The molecule has 0 amide bonds. The van der Waals surface area contributed by atoms with Gasteiger partial charge in [-0.05, 0) is 35.2 Å². The highest BCUT2D eigenvalue weighted by molar-refractivity contribution is 5.84. The molecule has 2 N–H and O–H groups in total. The largest absolute Gasteiger partial charge is 0.481 e. The lowest BCUT2D eigenvalue weighted by Gasteiger charge is -2.14. The fraction of sp³-hybridized carbons (Fsp3) is 0.240. The van der Waals surface area contributed by atoms with Crippen LogP contribution in [0.4, 0.5) is 0 Å². The number of rotatable bonds is 7. The average Bonchev–Trinajstić information content (AvgIpc) is 3.18. The summed E-state index contributed by atoms with van der Waals surface area (Å²) in [6, 6.07) is 13.2. The van der Waals surface area contributed by atoms with Gasteiger partial charge in [0, 0.05) is 23.6 Å².